The highest BCUT2D eigenvalue weighted by Gasteiger charge is 2.41. The van der Waals surface area contributed by atoms with Gasteiger partial charge in [-0.25, -0.2) is 0 Å². The molecule has 270 valence electrons. The maximum Gasteiger partial charge on any atom is 0.253 e. The van der Waals surface area contributed by atoms with E-state index < -0.39 is 0 Å². The number of ether oxygens (including phenoxy) is 1. The van der Waals surface area contributed by atoms with E-state index in [1.165, 1.54) is 37.3 Å². The first-order chi connectivity index (χ1) is 27.0. The first kappa shape index (κ1) is 32.4. The van der Waals surface area contributed by atoms with Crippen molar-refractivity contribution in [3.05, 3.63) is 132 Å². The van der Waals surface area contributed by atoms with Crippen molar-refractivity contribution in [2.75, 3.05) is 0 Å². The number of hydrogen-bond acceptors (Lipinski definition) is 4. The van der Waals surface area contributed by atoms with Crippen LogP contribution in [0.15, 0.2) is 140 Å². The average Bonchev–Trinajstić information content (AvgIpc) is 3.86. The van der Waals surface area contributed by atoms with Crippen LogP contribution in [-0.4, -0.2) is 11.3 Å². The van der Waals surface area contributed by atoms with Crippen molar-refractivity contribution in [2.45, 2.75) is 62.2 Å². The predicted octanol–water partition coefficient (Wildman–Crippen LogP) is 12.3. The Hall–Kier alpha value is -5.85. The van der Waals surface area contributed by atoms with E-state index in [0.717, 1.165) is 82.9 Å². The van der Waals surface area contributed by atoms with E-state index in [0.29, 0.717) is 0 Å². The zero-order valence-corrected chi connectivity index (χ0v) is 33.0. The topological polar surface area (TPSA) is 40.4 Å². The highest BCUT2D eigenvalue weighted by Crippen LogP contribution is 2.49. The molecule has 0 saturated carbocycles. The number of fused-ring (bicyclic) bond motifs is 16. The van der Waals surface area contributed by atoms with E-state index >= 15 is 0 Å². The smallest absolute Gasteiger partial charge is 0.253 e. The van der Waals surface area contributed by atoms with E-state index in [1.54, 1.807) is 0 Å². The third-order valence-electron chi connectivity index (χ3n) is 12.2. The van der Waals surface area contributed by atoms with Gasteiger partial charge in [-0.2, -0.15) is 0 Å². The number of nitrogens with zero attached hydrogens (tertiary/aromatic N) is 1. The Morgan fingerprint density at radius 3 is 1.82 bits per heavy atom. The van der Waals surface area contributed by atoms with Crippen LogP contribution in [0.3, 0.4) is 0 Å². The molecule has 0 atom stereocenters. The van der Waals surface area contributed by atoms with Gasteiger partial charge in [-0.05, 0) is 69.3 Å². The molecular formula is C50H38BNO3S. The molecule has 12 rings (SSSR count). The molecule has 3 aromatic heterocycles. The molecule has 2 aliphatic heterocycles. The van der Waals surface area contributed by atoms with Crippen molar-refractivity contribution in [3.8, 4) is 17.2 Å². The number of furan rings is 2. The van der Waals surface area contributed by atoms with Gasteiger partial charge >= 0.3 is 0 Å². The predicted molar refractivity (Wildman–Crippen MR) is 234 cm³/mol. The molecular weight excluding hydrogens is 705 g/mol. The molecule has 0 fully saturated rings. The quantitative estimate of drug-likeness (QED) is 0.157. The minimum Gasteiger partial charge on any atom is -0.458 e. The van der Waals surface area contributed by atoms with E-state index in [1.807, 2.05) is 23.9 Å². The van der Waals surface area contributed by atoms with E-state index in [-0.39, 0.29) is 17.5 Å². The van der Waals surface area contributed by atoms with Gasteiger partial charge in [0.15, 0.2) is 0 Å². The Labute approximate surface area is 329 Å². The van der Waals surface area contributed by atoms with Crippen LogP contribution in [0.25, 0.3) is 71.4 Å². The summed E-state index contributed by atoms with van der Waals surface area (Å²) in [7, 11) is 0. The van der Waals surface area contributed by atoms with Crippen LogP contribution in [0.5, 0.6) is 11.5 Å². The average molecular weight is 744 g/mol. The summed E-state index contributed by atoms with van der Waals surface area (Å²) in [4.78, 5) is 2.51. The minimum absolute atomic E-state index is 0.00584. The number of benzene rings is 7. The Morgan fingerprint density at radius 2 is 1.12 bits per heavy atom. The third kappa shape index (κ3) is 4.34. The SMILES string of the molecule is CC(C)(C)c1ccc2c(c1)B1c3cc(C(C)(C)C)ccc3Sc3cc(-n4c5ccccc5c5c6oc7ccccc7c6c6oc7ccccc7c6c54)cc(c31)O2. The van der Waals surface area contributed by atoms with Crippen molar-refractivity contribution in [1.82, 2.24) is 4.57 Å². The van der Waals surface area contributed by atoms with Crippen molar-refractivity contribution in [2.24, 2.45) is 0 Å². The van der Waals surface area contributed by atoms with Crippen LogP contribution in [-0.2, 0) is 10.8 Å². The summed E-state index contributed by atoms with van der Waals surface area (Å²) in [6, 6.07) is 44.1. The number of para-hydroxylation sites is 3. The largest absolute Gasteiger partial charge is 0.458 e. The molecule has 5 heterocycles. The Bertz CT molecular complexity index is 3230. The van der Waals surface area contributed by atoms with Crippen LogP contribution in [0.1, 0.15) is 52.7 Å². The molecule has 6 heteroatoms. The van der Waals surface area contributed by atoms with Gasteiger partial charge in [0.25, 0.3) is 6.71 Å². The summed E-state index contributed by atoms with van der Waals surface area (Å²) in [5, 5.41) is 6.47. The van der Waals surface area contributed by atoms with Gasteiger partial charge in [-0.15, -0.1) is 0 Å². The second-order valence-electron chi connectivity index (χ2n) is 17.7. The van der Waals surface area contributed by atoms with Crippen LogP contribution in [0.4, 0.5) is 0 Å². The monoisotopic (exact) mass is 743 g/mol. The zero-order chi connectivity index (χ0) is 37.8. The molecule has 0 saturated heterocycles. The molecule has 0 aliphatic carbocycles. The molecule has 0 N–H and O–H groups in total. The van der Waals surface area contributed by atoms with Crippen molar-refractivity contribution in [3.63, 3.8) is 0 Å². The second-order valence-corrected chi connectivity index (χ2v) is 18.8. The summed E-state index contributed by atoms with van der Waals surface area (Å²) < 4.78 is 23.1. The van der Waals surface area contributed by atoms with Gasteiger partial charge in [-0.1, -0.05) is 138 Å². The molecule has 56 heavy (non-hydrogen) atoms. The van der Waals surface area contributed by atoms with Crippen molar-refractivity contribution < 1.29 is 13.6 Å². The van der Waals surface area contributed by atoms with Gasteiger partial charge in [0.2, 0.25) is 0 Å². The molecule has 0 amide bonds. The lowest BCUT2D eigenvalue weighted by atomic mass is 9.35. The maximum atomic E-state index is 7.06. The number of rotatable bonds is 1. The lowest BCUT2D eigenvalue weighted by Crippen LogP contribution is -2.58. The van der Waals surface area contributed by atoms with Crippen LogP contribution in [0.2, 0.25) is 0 Å². The van der Waals surface area contributed by atoms with Crippen LogP contribution >= 0.6 is 11.8 Å². The number of hydrogen-bond donors (Lipinski definition) is 0. The highest BCUT2D eigenvalue weighted by atomic mass is 32.2. The maximum absolute atomic E-state index is 7.06. The third-order valence-corrected chi connectivity index (χ3v) is 13.4. The van der Waals surface area contributed by atoms with Crippen molar-refractivity contribution in [1.29, 1.82) is 0 Å². The Balaban J connectivity index is 1.20. The van der Waals surface area contributed by atoms with Crippen LogP contribution in [0, 0.1) is 0 Å². The van der Waals surface area contributed by atoms with Gasteiger partial charge < -0.3 is 18.1 Å². The summed E-state index contributed by atoms with van der Waals surface area (Å²) in [6.07, 6.45) is 0. The van der Waals surface area contributed by atoms with Crippen molar-refractivity contribution >= 4 is 101 Å². The lowest BCUT2D eigenvalue weighted by Gasteiger charge is -2.35. The summed E-state index contributed by atoms with van der Waals surface area (Å²) in [5.41, 5.74) is 13.2. The molecule has 0 spiro atoms. The fraction of sp³-hybridized carbons (Fsp3) is 0.160. The fourth-order valence-corrected chi connectivity index (χ4v) is 10.6. The molecule has 0 radical (unpaired) electrons. The fourth-order valence-electron chi connectivity index (χ4n) is 9.43. The zero-order valence-electron chi connectivity index (χ0n) is 32.2. The lowest BCUT2D eigenvalue weighted by molar-refractivity contribution is 0.485. The molecule has 2 aliphatic rings. The van der Waals surface area contributed by atoms with E-state index in [2.05, 4.69) is 155 Å². The standard InChI is InChI=1S/C50H38BNO3S/c1-49(2,3)27-19-21-38-33(23-27)51-34-24-28(50(4,5)6)20-22-40(34)56-41-26-29(25-39(53-38)45(41)51)52-35-16-10-7-13-30(35)42-46(52)43-31-14-8-11-17-36(31)54-48(43)44-32-15-9-12-18-37(32)55-47(42)44/h7-26H,1-6H3. The Morgan fingerprint density at radius 1 is 0.536 bits per heavy atom. The highest BCUT2D eigenvalue weighted by molar-refractivity contribution is 8.00. The molecule has 0 unspecified atom stereocenters. The summed E-state index contributed by atoms with van der Waals surface area (Å²) >= 11 is 1.86. The van der Waals surface area contributed by atoms with E-state index in [4.69, 9.17) is 13.6 Å². The molecule has 4 nitrogen and oxygen atoms in total. The minimum atomic E-state index is 0.00584. The second kappa shape index (κ2) is 10.9. The normalized spacial score (nSPS) is 13.9. The molecule has 7 aromatic carbocycles. The van der Waals surface area contributed by atoms with Gasteiger partial charge in [-0.3, -0.25) is 0 Å². The van der Waals surface area contributed by atoms with E-state index in [9.17, 15) is 0 Å². The summed E-state index contributed by atoms with van der Waals surface area (Å²) in [5.74, 6) is 1.83. The van der Waals surface area contributed by atoms with Crippen LogP contribution < -0.4 is 21.1 Å². The van der Waals surface area contributed by atoms with Gasteiger partial charge in [0.05, 0.1) is 32.9 Å². The summed E-state index contributed by atoms with van der Waals surface area (Å²) in [6.45, 7) is 13.8. The Kier molecular flexibility index (Phi) is 6.32. The molecule has 0 bridgehead atoms. The first-order valence-electron chi connectivity index (χ1n) is 19.5. The molecule has 10 aromatic rings. The number of aromatic nitrogens is 1. The van der Waals surface area contributed by atoms with Gasteiger partial charge in [0.1, 0.15) is 33.8 Å². The van der Waals surface area contributed by atoms with Gasteiger partial charge in [0, 0.05) is 32.0 Å². The first-order valence-corrected chi connectivity index (χ1v) is 20.3.